The fourth-order valence-corrected chi connectivity index (χ4v) is 2.60. The Balaban J connectivity index is 2.64. The van der Waals surface area contributed by atoms with E-state index in [1.54, 1.807) is 6.07 Å². The molecule has 1 aliphatic carbocycles. The maximum atomic E-state index is 12.2. The van der Waals surface area contributed by atoms with E-state index in [1.165, 1.54) is 14.2 Å². The van der Waals surface area contributed by atoms with Crippen molar-refractivity contribution in [1.82, 2.24) is 0 Å². The first kappa shape index (κ1) is 13.4. The fraction of sp³-hybridized carbons (Fsp3) is 0.429. The fourth-order valence-electron chi connectivity index (χ4n) is 2.60. The van der Waals surface area contributed by atoms with Crippen molar-refractivity contribution in [3.05, 3.63) is 22.8 Å². The normalized spacial score (nSPS) is 17.8. The van der Waals surface area contributed by atoms with Crippen molar-refractivity contribution >= 4 is 11.8 Å². The minimum atomic E-state index is -0.957. The number of rotatable bonds is 3. The quantitative estimate of drug-likeness (QED) is 0.901. The van der Waals surface area contributed by atoms with Crippen molar-refractivity contribution in [3.8, 4) is 11.5 Å². The maximum Gasteiger partial charge on any atom is 0.307 e. The first-order valence-electron chi connectivity index (χ1n) is 6.00. The van der Waals surface area contributed by atoms with Gasteiger partial charge in [-0.25, -0.2) is 0 Å². The summed E-state index contributed by atoms with van der Waals surface area (Å²) in [5, 5.41) is 9.12. The van der Waals surface area contributed by atoms with Crippen LogP contribution in [0.3, 0.4) is 0 Å². The van der Waals surface area contributed by atoms with E-state index < -0.39 is 11.9 Å². The highest BCUT2D eigenvalue weighted by atomic mass is 16.5. The third-order valence-corrected chi connectivity index (χ3v) is 3.46. The molecule has 19 heavy (non-hydrogen) atoms. The van der Waals surface area contributed by atoms with Crippen LogP contribution < -0.4 is 9.47 Å². The number of carboxylic acid groups (broad SMARTS) is 1. The molecule has 102 valence electrons. The molecule has 1 aromatic carbocycles. The molecule has 2 rings (SSSR count). The Labute approximate surface area is 111 Å². The number of methoxy groups -OCH3 is 2. The molecular formula is C14H16O5. The Morgan fingerprint density at radius 3 is 2.53 bits per heavy atom. The summed E-state index contributed by atoms with van der Waals surface area (Å²) in [5.41, 5.74) is 1.93. The molecule has 0 spiro atoms. The molecule has 0 saturated heterocycles. The summed E-state index contributed by atoms with van der Waals surface area (Å²) < 4.78 is 10.6. The molecule has 1 aliphatic rings. The zero-order valence-corrected chi connectivity index (χ0v) is 11.1. The number of Topliss-reactive ketones (excluding diaryl/α,β-unsaturated/α-hetero) is 1. The molecule has 0 heterocycles. The van der Waals surface area contributed by atoms with E-state index in [-0.39, 0.29) is 18.6 Å². The average Bonchev–Trinajstić information content (AvgIpc) is 2.37. The highest BCUT2D eigenvalue weighted by Crippen LogP contribution is 2.40. The lowest BCUT2D eigenvalue weighted by atomic mass is 9.81. The molecule has 0 amide bonds. The summed E-state index contributed by atoms with van der Waals surface area (Å²) in [7, 11) is 3.02. The Morgan fingerprint density at radius 2 is 2.00 bits per heavy atom. The highest BCUT2D eigenvalue weighted by Gasteiger charge is 2.34. The number of ketones is 1. The van der Waals surface area contributed by atoms with Crippen LogP contribution >= 0.6 is 0 Å². The second kappa shape index (κ2) is 4.91. The van der Waals surface area contributed by atoms with Crippen LogP contribution in [0.25, 0.3) is 0 Å². The van der Waals surface area contributed by atoms with Crippen molar-refractivity contribution in [3.63, 3.8) is 0 Å². The van der Waals surface area contributed by atoms with E-state index in [9.17, 15) is 9.59 Å². The molecule has 5 heteroatoms. The summed E-state index contributed by atoms with van der Waals surface area (Å²) >= 11 is 0. The second-order valence-corrected chi connectivity index (χ2v) is 4.65. The van der Waals surface area contributed by atoms with Gasteiger partial charge in [-0.05, 0) is 25.0 Å². The van der Waals surface area contributed by atoms with Crippen molar-refractivity contribution in [1.29, 1.82) is 0 Å². The molecule has 0 bridgehead atoms. The lowest BCUT2D eigenvalue weighted by Gasteiger charge is -2.25. The minimum absolute atomic E-state index is 0.00487. The van der Waals surface area contributed by atoms with Gasteiger partial charge in [-0.2, -0.15) is 0 Å². The second-order valence-electron chi connectivity index (χ2n) is 4.65. The summed E-state index contributed by atoms with van der Waals surface area (Å²) in [6, 6.07) is 1.75. The van der Waals surface area contributed by atoms with E-state index in [0.29, 0.717) is 22.6 Å². The number of ether oxygens (including phenoxy) is 2. The van der Waals surface area contributed by atoms with Crippen molar-refractivity contribution in [2.75, 3.05) is 14.2 Å². The smallest absolute Gasteiger partial charge is 0.307 e. The summed E-state index contributed by atoms with van der Waals surface area (Å²) in [4.78, 5) is 23.3. The van der Waals surface area contributed by atoms with Crippen LogP contribution in [0.1, 0.15) is 27.9 Å². The van der Waals surface area contributed by atoms with Crippen molar-refractivity contribution in [2.24, 2.45) is 5.92 Å². The molecule has 1 unspecified atom stereocenters. The number of aryl methyl sites for hydroxylation is 1. The lowest BCUT2D eigenvalue weighted by molar-refractivity contribution is -0.141. The van der Waals surface area contributed by atoms with Crippen LogP contribution in [-0.4, -0.2) is 31.1 Å². The molecule has 0 aliphatic heterocycles. The average molecular weight is 264 g/mol. The van der Waals surface area contributed by atoms with Gasteiger partial charge in [0.05, 0.1) is 25.7 Å². The predicted octanol–water partition coefficient (Wildman–Crippen LogP) is 1.84. The number of hydrogen-bond donors (Lipinski definition) is 1. The number of aliphatic carboxylic acids is 1. The predicted molar refractivity (Wildman–Crippen MR) is 68.1 cm³/mol. The van der Waals surface area contributed by atoms with Crippen LogP contribution in [-0.2, 0) is 11.2 Å². The van der Waals surface area contributed by atoms with Crippen LogP contribution in [0.4, 0.5) is 0 Å². The molecule has 0 fully saturated rings. The van der Waals surface area contributed by atoms with Gasteiger partial charge in [-0.1, -0.05) is 0 Å². The number of carbonyl (C=O) groups is 2. The molecule has 1 atom stereocenters. The van der Waals surface area contributed by atoms with Gasteiger partial charge in [-0.3, -0.25) is 9.59 Å². The van der Waals surface area contributed by atoms with Gasteiger partial charge in [0.15, 0.2) is 5.78 Å². The first-order valence-corrected chi connectivity index (χ1v) is 6.00. The van der Waals surface area contributed by atoms with Crippen molar-refractivity contribution < 1.29 is 24.2 Å². The van der Waals surface area contributed by atoms with E-state index in [0.717, 1.165) is 5.56 Å². The Bertz CT molecular complexity index is 547. The van der Waals surface area contributed by atoms with Gasteiger partial charge >= 0.3 is 5.97 Å². The Kier molecular flexibility index (Phi) is 3.46. The maximum absolute atomic E-state index is 12.2. The largest absolute Gasteiger partial charge is 0.496 e. The molecule has 5 nitrogen and oxygen atoms in total. The molecule has 0 aromatic heterocycles. The van der Waals surface area contributed by atoms with Gasteiger partial charge in [0.2, 0.25) is 0 Å². The number of carbonyl (C=O) groups excluding carboxylic acids is 1. The number of hydrogen-bond acceptors (Lipinski definition) is 4. The third-order valence-electron chi connectivity index (χ3n) is 3.46. The standard InChI is InChI=1S/C14H16O5/c1-7-4-11(18-2)12-9(13(7)19-3)5-8(14(16)17)6-10(12)15/h4,8H,5-6H2,1-3H3,(H,16,17). The summed E-state index contributed by atoms with van der Waals surface area (Å²) in [5.74, 6) is -0.789. The van der Waals surface area contributed by atoms with Crippen LogP contribution in [0, 0.1) is 12.8 Å². The minimum Gasteiger partial charge on any atom is -0.496 e. The SMILES string of the molecule is COc1cc(C)c(OC)c2c1C(=O)CC(C(=O)O)C2. The monoisotopic (exact) mass is 264 g/mol. The lowest BCUT2D eigenvalue weighted by Crippen LogP contribution is -2.27. The number of fused-ring (bicyclic) bond motifs is 1. The Hall–Kier alpha value is -2.04. The van der Waals surface area contributed by atoms with E-state index in [4.69, 9.17) is 14.6 Å². The van der Waals surface area contributed by atoms with E-state index in [2.05, 4.69) is 0 Å². The van der Waals surface area contributed by atoms with Gasteiger partial charge < -0.3 is 14.6 Å². The van der Waals surface area contributed by atoms with Gasteiger partial charge in [-0.15, -0.1) is 0 Å². The van der Waals surface area contributed by atoms with Crippen LogP contribution in [0.15, 0.2) is 6.07 Å². The zero-order valence-electron chi connectivity index (χ0n) is 11.1. The van der Waals surface area contributed by atoms with Crippen LogP contribution in [0.5, 0.6) is 11.5 Å². The van der Waals surface area contributed by atoms with E-state index >= 15 is 0 Å². The number of carboxylic acids is 1. The number of benzene rings is 1. The van der Waals surface area contributed by atoms with Gasteiger partial charge in [0, 0.05) is 12.0 Å². The first-order chi connectivity index (χ1) is 8.99. The van der Waals surface area contributed by atoms with Gasteiger partial charge in [0.25, 0.3) is 0 Å². The zero-order chi connectivity index (χ0) is 14.2. The molecule has 0 saturated carbocycles. The molecule has 1 N–H and O–H groups in total. The van der Waals surface area contributed by atoms with Gasteiger partial charge in [0.1, 0.15) is 11.5 Å². The third kappa shape index (κ3) is 2.16. The molecule has 0 radical (unpaired) electrons. The van der Waals surface area contributed by atoms with E-state index in [1.807, 2.05) is 6.92 Å². The van der Waals surface area contributed by atoms with Crippen molar-refractivity contribution in [2.45, 2.75) is 19.8 Å². The topological polar surface area (TPSA) is 72.8 Å². The Morgan fingerprint density at radius 1 is 1.32 bits per heavy atom. The highest BCUT2D eigenvalue weighted by molar-refractivity contribution is 6.04. The summed E-state index contributed by atoms with van der Waals surface area (Å²) in [6.45, 7) is 1.84. The molecular weight excluding hydrogens is 248 g/mol. The molecule has 1 aromatic rings. The summed E-state index contributed by atoms with van der Waals surface area (Å²) in [6.07, 6.45) is 0.294. The van der Waals surface area contributed by atoms with Crippen LogP contribution in [0.2, 0.25) is 0 Å².